The number of thioether (sulfide) groups is 1. The van der Waals surface area contributed by atoms with Crippen LogP contribution >= 0.6 is 11.8 Å². The number of carbonyl (C=O) groups excluding carboxylic acids is 2. The van der Waals surface area contributed by atoms with Crippen molar-refractivity contribution in [1.82, 2.24) is 5.32 Å². The molecule has 3 atom stereocenters. The van der Waals surface area contributed by atoms with Crippen molar-refractivity contribution in [2.24, 2.45) is 17.3 Å². The largest absolute Gasteiger partial charge is 0.296 e. The topological polar surface area (TPSA) is 46.2 Å². The summed E-state index contributed by atoms with van der Waals surface area (Å²) in [5.74, 6) is 1.55. The number of carbonyl (C=O) groups is 2. The molecule has 102 valence electrons. The number of amides is 2. The molecule has 0 aromatic heterocycles. The lowest BCUT2D eigenvalue weighted by Gasteiger charge is -2.49. The highest BCUT2D eigenvalue weighted by Gasteiger charge is 2.52. The first-order valence-corrected chi connectivity index (χ1v) is 7.96. The summed E-state index contributed by atoms with van der Waals surface area (Å²) in [6, 6.07) is 0. The van der Waals surface area contributed by atoms with E-state index in [0.717, 1.165) is 25.0 Å². The van der Waals surface area contributed by atoms with Crippen LogP contribution in [0.15, 0.2) is 0 Å². The highest BCUT2D eigenvalue weighted by atomic mass is 32.2. The lowest BCUT2D eigenvalue weighted by molar-refractivity contribution is -0.145. The molecular formula is C14H23NO2S. The summed E-state index contributed by atoms with van der Waals surface area (Å²) >= 11 is 1.93. The van der Waals surface area contributed by atoms with Gasteiger partial charge in [0.15, 0.2) is 0 Å². The Labute approximate surface area is 113 Å². The summed E-state index contributed by atoms with van der Waals surface area (Å²) in [5, 5.41) is 2.95. The minimum absolute atomic E-state index is 0.0120. The summed E-state index contributed by atoms with van der Waals surface area (Å²) in [6.45, 7) is 6.50. The van der Waals surface area contributed by atoms with Crippen LogP contribution in [0.4, 0.5) is 0 Å². The Balaban J connectivity index is 2.30. The summed E-state index contributed by atoms with van der Waals surface area (Å²) < 4.78 is 0. The van der Waals surface area contributed by atoms with Gasteiger partial charge in [-0.3, -0.25) is 14.9 Å². The fourth-order valence-electron chi connectivity index (χ4n) is 3.49. The van der Waals surface area contributed by atoms with E-state index in [4.69, 9.17) is 0 Å². The Kier molecular flexibility index (Phi) is 4.05. The van der Waals surface area contributed by atoms with Crippen LogP contribution in [0, 0.1) is 17.3 Å². The molecule has 4 heteroatoms. The molecule has 2 saturated heterocycles. The predicted molar refractivity (Wildman–Crippen MR) is 74.3 cm³/mol. The van der Waals surface area contributed by atoms with E-state index in [1.54, 1.807) is 0 Å². The molecule has 3 unspecified atom stereocenters. The van der Waals surface area contributed by atoms with Crippen molar-refractivity contribution in [3.8, 4) is 0 Å². The van der Waals surface area contributed by atoms with Gasteiger partial charge in [0.05, 0.1) is 0 Å². The van der Waals surface area contributed by atoms with E-state index in [0.29, 0.717) is 17.6 Å². The van der Waals surface area contributed by atoms with Crippen molar-refractivity contribution in [2.45, 2.75) is 51.7 Å². The van der Waals surface area contributed by atoms with Crippen molar-refractivity contribution >= 4 is 23.6 Å². The molecule has 3 nitrogen and oxygen atoms in total. The molecule has 0 aromatic carbocycles. The zero-order valence-electron chi connectivity index (χ0n) is 11.5. The van der Waals surface area contributed by atoms with Gasteiger partial charge in [-0.15, -0.1) is 0 Å². The van der Waals surface area contributed by atoms with E-state index >= 15 is 0 Å². The van der Waals surface area contributed by atoms with Crippen molar-refractivity contribution in [3.05, 3.63) is 0 Å². The molecule has 2 heterocycles. The number of hydrogen-bond donors (Lipinski definition) is 1. The molecule has 0 saturated carbocycles. The van der Waals surface area contributed by atoms with Crippen LogP contribution < -0.4 is 5.32 Å². The fraction of sp³-hybridized carbons (Fsp3) is 0.857. The average molecular weight is 269 g/mol. The van der Waals surface area contributed by atoms with E-state index in [2.05, 4.69) is 26.1 Å². The number of hydrogen-bond acceptors (Lipinski definition) is 3. The molecule has 0 radical (unpaired) electrons. The molecule has 0 bridgehead atoms. The second kappa shape index (κ2) is 5.24. The van der Waals surface area contributed by atoms with Gasteiger partial charge >= 0.3 is 0 Å². The number of rotatable bonds is 2. The second-order valence-electron chi connectivity index (χ2n) is 6.12. The monoisotopic (exact) mass is 269 g/mol. The van der Waals surface area contributed by atoms with E-state index in [9.17, 15) is 9.59 Å². The maximum atomic E-state index is 12.2. The van der Waals surface area contributed by atoms with Gasteiger partial charge in [0, 0.05) is 23.0 Å². The van der Waals surface area contributed by atoms with Gasteiger partial charge in [0.1, 0.15) is 0 Å². The fourth-order valence-corrected chi connectivity index (χ4v) is 4.85. The van der Waals surface area contributed by atoms with E-state index in [1.807, 2.05) is 11.8 Å². The molecule has 18 heavy (non-hydrogen) atoms. The molecule has 0 aromatic rings. The van der Waals surface area contributed by atoms with Gasteiger partial charge in [-0.2, -0.15) is 11.8 Å². The van der Waals surface area contributed by atoms with Crippen LogP contribution in [0.1, 0.15) is 46.5 Å². The minimum atomic E-state index is -0.0907. The number of nitrogens with one attached hydrogen (secondary N) is 1. The van der Waals surface area contributed by atoms with Gasteiger partial charge in [0.25, 0.3) is 0 Å². The van der Waals surface area contributed by atoms with Gasteiger partial charge in [0.2, 0.25) is 11.8 Å². The van der Waals surface area contributed by atoms with Gasteiger partial charge in [-0.1, -0.05) is 20.8 Å². The molecule has 1 spiro atoms. The Morgan fingerprint density at radius 3 is 2.78 bits per heavy atom. The van der Waals surface area contributed by atoms with Crippen LogP contribution in [0.2, 0.25) is 0 Å². The Morgan fingerprint density at radius 1 is 1.44 bits per heavy atom. The third-order valence-corrected chi connectivity index (χ3v) is 5.93. The summed E-state index contributed by atoms with van der Waals surface area (Å²) in [7, 11) is 0. The van der Waals surface area contributed by atoms with E-state index in [-0.39, 0.29) is 23.1 Å². The summed E-state index contributed by atoms with van der Waals surface area (Å²) in [5.41, 5.74) is -0.0907. The number of piperidine rings is 1. The summed E-state index contributed by atoms with van der Waals surface area (Å²) in [6.07, 6.45) is 3.58. The van der Waals surface area contributed by atoms with Crippen molar-refractivity contribution in [3.63, 3.8) is 0 Å². The van der Waals surface area contributed by atoms with Gasteiger partial charge in [-0.25, -0.2) is 0 Å². The zero-order chi connectivity index (χ0) is 13.3. The predicted octanol–water partition coefficient (Wildman–Crippen LogP) is 2.60. The highest BCUT2D eigenvalue weighted by Crippen LogP contribution is 2.52. The third-order valence-electron chi connectivity index (χ3n) is 4.43. The number of imide groups is 1. The molecule has 2 fully saturated rings. The van der Waals surface area contributed by atoms with Crippen molar-refractivity contribution in [2.75, 3.05) is 5.75 Å². The van der Waals surface area contributed by atoms with Crippen LogP contribution in [-0.2, 0) is 9.59 Å². The maximum Gasteiger partial charge on any atom is 0.230 e. The zero-order valence-corrected chi connectivity index (χ0v) is 12.3. The molecule has 2 amide bonds. The van der Waals surface area contributed by atoms with Crippen molar-refractivity contribution in [1.29, 1.82) is 0 Å². The normalized spacial score (nSPS) is 37.1. The Morgan fingerprint density at radius 2 is 2.17 bits per heavy atom. The summed E-state index contributed by atoms with van der Waals surface area (Å²) in [4.78, 5) is 24.0. The first-order valence-electron chi connectivity index (χ1n) is 6.91. The van der Waals surface area contributed by atoms with E-state index < -0.39 is 0 Å². The lowest BCUT2D eigenvalue weighted by Crippen LogP contribution is -2.56. The van der Waals surface area contributed by atoms with Crippen LogP contribution in [0.5, 0.6) is 0 Å². The average Bonchev–Trinajstić information content (AvgIpc) is 2.27. The SMILES string of the molecule is CC(C)CC1C(=O)NC(=O)CC12CCCSC2C. The Bertz CT molecular complexity index is 356. The van der Waals surface area contributed by atoms with Crippen molar-refractivity contribution < 1.29 is 9.59 Å². The van der Waals surface area contributed by atoms with Gasteiger partial charge in [-0.05, 0) is 30.9 Å². The van der Waals surface area contributed by atoms with E-state index in [1.165, 1.54) is 0 Å². The van der Waals surface area contributed by atoms with Crippen LogP contribution in [0.3, 0.4) is 0 Å². The Hall–Kier alpha value is -0.510. The molecule has 0 aliphatic carbocycles. The van der Waals surface area contributed by atoms with Crippen LogP contribution in [-0.4, -0.2) is 22.8 Å². The lowest BCUT2D eigenvalue weighted by atomic mass is 9.63. The molecular weight excluding hydrogens is 246 g/mol. The standard InChI is InChI=1S/C14H23NO2S/c1-9(2)7-11-13(17)15-12(16)8-14(11)5-4-6-18-10(14)3/h9-11H,4-8H2,1-3H3,(H,15,16,17). The van der Waals surface area contributed by atoms with Crippen LogP contribution in [0.25, 0.3) is 0 Å². The second-order valence-corrected chi connectivity index (χ2v) is 7.57. The molecule has 2 aliphatic heterocycles. The highest BCUT2D eigenvalue weighted by molar-refractivity contribution is 7.99. The third kappa shape index (κ3) is 2.44. The molecule has 2 aliphatic rings. The molecule has 2 rings (SSSR count). The molecule has 1 N–H and O–H groups in total. The first-order chi connectivity index (χ1) is 8.45. The maximum absolute atomic E-state index is 12.2. The minimum Gasteiger partial charge on any atom is -0.296 e. The smallest absolute Gasteiger partial charge is 0.230 e. The quantitative estimate of drug-likeness (QED) is 0.784. The van der Waals surface area contributed by atoms with Gasteiger partial charge < -0.3 is 0 Å². The first kappa shape index (κ1) is 13.9.